The maximum absolute atomic E-state index is 12.6. The Hall–Kier alpha value is -1.27. The molecule has 21 atom stereocenters. The first-order chi connectivity index (χ1) is 26.5. The van der Waals surface area contributed by atoms with Gasteiger partial charge in [-0.2, -0.15) is 0 Å². The standard InChI is InChI=1S/C42H66O14/c1-20-37(49-6)29(43)16-35(51-20)55-39-22(3)53-36(18-31(39)45)56-38-21(2)52-34(17-30(38)44)54-25-9-11-40(4)24(14-25)7-8-27-28(40)15-32(46)41(5)26(10-12-42(27,41)48)23-13-33(47)50-19-23/h13,20-22,24-32,34-39,43-46,48H,7-12,14-19H2,1-6H3/t20-,21-,22?,24-,25?,26?,27-,28?,29+,30+,31+,32?,34?,35?,36?,37-,38-,39-,40+,41?,42?/m1/s1. The lowest BCUT2D eigenvalue weighted by molar-refractivity contribution is -0.336. The van der Waals surface area contributed by atoms with Gasteiger partial charge in [-0.15, -0.1) is 0 Å². The van der Waals surface area contributed by atoms with Gasteiger partial charge in [-0.05, 0) is 107 Å². The molecule has 56 heavy (non-hydrogen) atoms. The third kappa shape index (κ3) is 7.02. The zero-order valence-electron chi connectivity index (χ0n) is 33.9. The zero-order chi connectivity index (χ0) is 39.9. The van der Waals surface area contributed by atoms with Crippen molar-refractivity contribution in [2.75, 3.05) is 13.7 Å². The van der Waals surface area contributed by atoms with Crippen LogP contribution >= 0.6 is 0 Å². The van der Waals surface area contributed by atoms with Gasteiger partial charge in [0.2, 0.25) is 0 Å². The van der Waals surface area contributed by atoms with Crippen LogP contribution in [-0.2, 0) is 42.7 Å². The minimum Gasteiger partial charge on any atom is -0.458 e. The predicted molar refractivity (Wildman–Crippen MR) is 197 cm³/mol. The molecule has 0 radical (unpaired) electrons. The normalized spacial score (nSPS) is 54.8. The molecular formula is C42H66O14. The molecule has 0 bridgehead atoms. The van der Waals surface area contributed by atoms with Gasteiger partial charge >= 0.3 is 5.97 Å². The van der Waals surface area contributed by atoms with Crippen LogP contribution in [0.3, 0.4) is 0 Å². The molecule has 7 fully saturated rings. The van der Waals surface area contributed by atoms with E-state index in [0.717, 1.165) is 44.1 Å². The summed E-state index contributed by atoms with van der Waals surface area (Å²) in [6, 6.07) is 0. The summed E-state index contributed by atoms with van der Waals surface area (Å²) in [5.41, 5.74) is -0.877. The molecular weight excluding hydrogens is 728 g/mol. The number of carbonyl (C=O) groups is 1. The van der Waals surface area contributed by atoms with Crippen molar-refractivity contribution in [2.24, 2.45) is 34.5 Å². The molecule has 0 aromatic rings. The molecule has 3 saturated heterocycles. The molecule has 14 heteroatoms. The summed E-state index contributed by atoms with van der Waals surface area (Å²) in [6.45, 7) is 10.1. The minimum atomic E-state index is -1.01. The molecule has 4 aliphatic heterocycles. The third-order valence-corrected chi connectivity index (χ3v) is 16.2. The van der Waals surface area contributed by atoms with E-state index in [2.05, 4.69) is 6.92 Å². The van der Waals surface area contributed by atoms with Crippen LogP contribution in [0.25, 0.3) is 0 Å². The number of hydrogen-bond acceptors (Lipinski definition) is 14. The summed E-state index contributed by atoms with van der Waals surface area (Å²) < 4.78 is 47.8. The summed E-state index contributed by atoms with van der Waals surface area (Å²) in [5.74, 6) is 0.223. The summed E-state index contributed by atoms with van der Waals surface area (Å²) in [7, 11) is 1.53. The fourth-order valence-electron chi connectivity index (χ4n) is 13.1. The number of aliphatic hydroxyl groups excluding tert-OH is 4. The fourth-order valence-corrected chi connectivity index (χ4v) is 13.1. The Labute approximate surface area is 330 Å². The maximum Gasteiger partial charge on any atom is 0.331 e. The van der Waals surface area contributed by atoms with Crippen LogP contribution in [0.4, 0.5) is 0 Å². The van der Waals surface area contributed by atoms with Crippen LogP contribution in [0.1, 0.15) is 105 Å². The number of esters is 1. The van der Waals surface area contributed by atoms with E-state index in [1.165, 1.54) is 7.11 Å². The second-order valence-electron chi connectivity index (χ2n) is 19.0. The molecule has 10 unspecified atom stereocenters. The Morgan fingerprint density at radius 3 is 1.80 bits per heavy atom. The lowest BCUT2D eigenvalue weighted by Gasteiger charge is -2.65. The molecule has 0 aromatic heterocycles. The average Bonchev–Trinajstić information content (AvgIpc) is 3.68. The zero-order valence-corrected chi connectivity index (χ0v) is 33.9. The van der Waals surface area contributed by atoms with Crippen LogP contribution in [0.5, 0.6) is 0 Å². The van der Waals surface area contributed by atoms with Gasteiger partial charge in [0, 0.05) is 37.9 Å². The molecule has 4 aliphatic carbocycles. The van der Waals surface area contributed by atoms with Gasteiger partial charge < -0.3 is 63.4 Å². The lowest BCUT2D eigenvalue weighted by Crippen LogP contribution is -2.67. The van der Waals surface area contributed by atoms with E-state index in [-0.39, 0.29) is 67.2 Å². The minimum absolute atomic E-state index is 0.0386. The monoisotopic (exact) mass is 794 g/mol. The van der Waals surface area contributed by atoms with E-state index in [9.17, 15) is 30.3 Å². The summed E-state index contributed by atoms with van der Waals surface area (Å²) in [5, 5.41) is 57.3. The second kappa shape index (κ2) is 15.6. The molecule has 0 aromatic carbocycles. The van der Waals surface area contributed by atoms with Crippen molar-refractivity contribution in [3.05, 3.63) is 11.6 Å². The van der Waals surface area contributed by atoms with E-state index < -0.39 is 84.8 Å². The van der Waals surface area contributed by atoms with Gasteiger partial charge in [0.25, 0.3) is 0 Å². The Morgan fingerprint density at radius 2 is 1.27 bits per heavy atom. The van der Waals surface area contributed by atoms with Crippen LogP contribution in [0.2, 0.25) is 0 Å². The highest BCUT2D eigenvalue weighted by atomic mass is 16.7. The van der Waals surface area contributed by atoms with E-state index in [0.29, 0.717) is 18.8 Å². The molecule has 14 nitrogen and oxygen atoms in total. The number of cyclic esters (lactones) is 1. The molecule has 4 saturated carbocycles. The van der Waals surface area contributed by atoms with Gasteiger partial charge in [-0.25, -0.2) is 4.79 Å². The molecule has 4 heterocycles. The van der Waals surface area contributed by atoms with E-state index >= 15 is 0 Å². The van der Waals surface area contributed by atoms with Crippen LogP contribution in [0.15, 0.2) is 11.6 Å². The number of aliphatic hydroxyl groups is 5. The highest BCUT2D eigenvalue weighted by Crippen LogP contribution is 2.70. The molecule has 318 valence electrons. The van der Waals surface area contributed by atoms with Crippen LogP contribution in [0, 0.1) is 34.5 Å². The first kappa shape index (κ1) is 41.5. The van der Waals surface area contributed by atoms with Crippen molar-refractivity contribution >= 4 is 5.97 Å². The van der Waals surface area contributed by atoms with Crippen molar-refractivity contribution < 1.29 is 68.2 Å². The van der Waals surface area contributed by atoms with Gasteiger partial charge in [0.05, 0.1) is 54.4 Å². The number of rotatable bonds is 8. The molecule has 8 aliphatic rings. The van der Waals surface area contributed by atoms with Gasteiger partial charge in [0.15, 0.2) is 18.9 Å². The summed E-state index contributed by atoms with van der Waals surface area (Å²) >= 11 is 0. The Bertz CT molecular complexity index is 1430. The van der Waals surface area contributed by atoms with Gasteiger partial charge in [-0.1, -0.05) is 13.8 Å². The SMILES string of the molecule is CO[C@H]1[C@@H](O)CC(O[C@@H]2C(C)OC(O[C@H]3[C@@H](O)CC(OC4CC[C@]5(C)C6CC(O)C7(C)C(C8=CC(=O)OC8)CCC7(O)[C@@H]6CC[C@@H]5C4)O[C@@H]3C)C[C@@H]2O)O[C@@H]1C. The number of methoxy groups -OCH3 is 1. The number of hydrogen-bond donors (Lipinski definition) is 5. The average molecular weight is 795 g/mol. The van der Waals surface area contributed by atoms with Gasteiger partial charge in [-0.3, -0.25) is 0 Å². The van der Waals surface area contributed by atoms with Crippen LogP contribution < -0.4 is 0 Å². The first-order valence-corrected chi connectivity index (χ1v) is 21.3. The molecule has 0 amide bonds. The van der Waals surface area contributed by atoms with E-state index in [4.69, 9.17) is 37.9 Å². The Kier molecular flexibility index (Phi) is 11.6. The van der Waals surface area contributed by atoms with E-state index in [1.54, 1.807) is 13.0 Å². The Morgan fingerprint density at radius 1 is 0.696 bits per heavy atom. The predicted octanol–water partition coefficient (Wildman–Crippen LogP) is 2.87. The second-order valence-corrected chi connectivity index (χ2v) is 19.0. The van der Waals surface area contributed by atoms with Crippen molar-refractivity contribution in [3.63, 3.8) is 0 Å². The highest BCUT2D eigenvalue weighted by Gasteiger charge is 2.71. The maximum atomic E-state index is 12.6. The molecule has 8 rings (SSSR count). The van der Waals surface area contributed by atoms with Crippen molar-refractivity contribution in [1.82, 2.24) is 0 Å². The number of fused-ring (bicyclic) bond motifs is 5. The van der Waals surface area contributed by atoms with Crippen molar-refractivity contribution in [3.8, 4) is 0 Å². The quantitative estimate of drug-likeness (QED) is 0.178. The molecule has 5 N–H and O–H groups in total. The largest absolute Gasteiger partial charge is 0.458 e. The summed E-state index contributed by atoms with van der Waals surface area (Å²) in [4.78, 5) is 12.0. The van der Waals surface area contributed by atoms with Crippen molar-refractivity contribution in [2.45, 2.75) is 197 Å². The lowest BCUT2D eigenvalue weighted by atomic mass is 9.42. The first-order valence-electron chi connectivity index (χ1n) is 21.3. The summed E-state index contributed by atoms with van der Waals surface area (Å²) in [6.07, 6.45) is -0.0154. The highest BCUT2D eigenvalue weighted by molar-refractivity contribution is 5.85. The fraction of sp³-hybridized carbons (Fsp3) is 0.929. The Balaban J connectivity index is 0.832. The third-order valence-electron chi connectivity index (χ3n) is 16.2. The number of ether oxygens (including phenoxy) is 8. The topological polar surface area (TPSA) is 192 Å². The smallest absolute Gasteiger partial charge is 0.331 e. The van der Waals surface area contributed by atoms with Crippen molar-refractivity contribution in [1.29, 1.82) is 0 Å². The van der Waals surface area contributed by atoms with E-state index in [1.807, 2.05) is 20.8 Å². The number of carbonyl (C=O) groups excluding carboxylic acids is 1. The van der Waals surface area contributed by atoms with Gasteiger partial charge in [0.1, 0.15) is 24.9 Å². The molecule has 0 spiro atoms. The van der Waals surface area contributed by atoms with Crippen LogP contribution in [-0.4, -0.2) is 137 Å².